The van der Waals surface area contributed by atoms with Crippen molar-refractivity contribution >= 4 is 5.97 Å². The Morgan fingerprint density at radius 1 is 1.59 bits per heavy atom. The van der Waals surface area contributed by atoms with E-state index in [0.29, 0.717) is 18.8 Å². The number of hydrogen-bond donors (Lipinski definition) is 1. The van der Waals surface area contributed by atoms with Crippen LogP contribution in [0.25, 0.3) is 0 Å². The molecule has 0 saturated heterocycles. The van der Waals surface area contributed by atoms with Crippen molar-refractivity contribution in [3.63, 3.8) is 0 Å². The maximum absolute atomic E-state index is 11.7. The van der Waals surface area contributed by atoms with Crippen molar-refractivity contribution in [1.82, 2.24) is 0 Å². The molecule has 1 aliphatic rings. The number of benzene rings is 1. The Kier molecular flexibility index (Phi) is 2.92. The Hall–Kier alpha value is -1.77. The number of rotatable bonds is 3. The van der Waals surface area contributed by atoms with E-state index in [0.717, 1.165) is 5.56 Å². The normalized spacial score (nSPS) is 24.3. The third-order valence-corrected chi connectivity index (χ3v) is 3.63. The van der Waals surface area contributed by atoms with Crippen LogP contribution in [0.5, 0.6) is 5.75 Å². The van der Waals surface area contributed by atoms with Gasteiger partial charge in [0.25, 0.3) is 0 Å². The van der Waals surface area contributed by atoms with E-state index in [1.54, 1.807) is 6.08 Å². The molecule has 0 aromatic heterocycles. The van der Waals surface area contributed by atoms with E-state index in [-0.39, 0.29) is 5.92 Å². The summed E-state index contributed by atoms with van der Waals surface area (Å²) in [6.45, 7) is 6.06. The second-order valence-electron chi connectivity index (χ2n) is 4.40. The lowest BCUT2D eigenvalue weighted by Gasteiger charge is -2.38. The van der Waals surface area contributed by atoms with Crippen molar-refractivity contribution in [2.24, 2.45) is 5.92 Å². The van der Waals surface area contributed by atoms with Gasteiger partial charge in [0.15, 0.2) is 0 Å². The number of aliphatic carboxylic acids is 1. The number of carboxylic acids is 1. The minimum Gasteiger partial charge on any atom is -0.493 e. The third kappa shape index (κ3) is 1.62. The summed E-state index contributed by atoms with van der Waals surface area (Å²) in [5, 5.41) is 9.63. The molecule has 3 nitrogen and oxygen atoms in total. The molecule has 2 atom stereocenters. The molecule has 0 fully saturated rings. The summed E-state index contributed by atoms with van der Waals surface area (Å²) < 4.78 is 5.53. The predicted molar refractivity (Wildman–Crippen MR) is 65.2 cm³/mol. The van der Waals surface area contributed by atoms with Crippen molar-refractivity contribution in [2.45, 2.75) is 18.8 Å². The number of fused-ring (bicyclic) bond motifs is 1. The summed E-state index contributed by atoms with van der Waals surface area (Å²) in [7, 11) is 0. The van der Waals surface area contributed by atoms with Gasteiger partial charge in [0.2, 0.25) is 0 Å². The smallest absolute Gasteiger partial charge is 0.314 e. The number of carboxylic acid groups (broad SMARTS) is 1. The molecule has 2 rings (SSSR count). The van der Waals surface area contributed by atoms with Crippen molar-refractivity contribution < 1.29 is 14.6 Å². The van der Waals surface area contributed by atoms with Crippen molar-refractivity contribution in [3.8, 4) is 5.75 Å². The first kappa shape index (κ1) is 11.7. The van der Waals surface area contributed by atoms with Crippen LogP contribution >= 0.6 is 0 Å². The summed E-state index contributed by atoms with van der Waals surface area (Å²) in [4.78, 5) is 11.7. The lowest BCUT2D eigenvalue weighted by Crippen LogP contribution is -2.45. The number of ether oxygens (including phenoxy) is 1. The quantitative estimate of drug-likeness (QED) is 0.815. The van der Waals surface area contributed by atoms with Gasteiger partial charge in [0.05, 0.1) is 6.61 Å². The van der Waals surface area contributed by atoms with E-state index >= 15 is 0 Å². The van der Waals surface area contributed by atoms with Gasteiger partial charge in [-0.25, -0.2) is 0 Å². The van der Waals surface area contributed by atoms with Crippen LogP contribution in [0.1, 0.15) is 18.9 Å². The number of carbonyl (C=O) groups is 1. The van der Waals surface area contributed by atoms with Gasteiger partial charge in [0, 0.05) is 12.0 Å². The molecule has 1 heterocycles. The highest BCUT2D eigenvalue weighted by atomic mass is 16.5. The van der Waals surface area contributed by atoms with Gasteiger partial charge in [-0.2, -0.15) is 0 Å². The van der Waals surface area contributed by atoms with Crippen LogP contribution in [-0.2, 0) is 10.2 Å². The van der Waals surface area contributed by atoms with Gasteiger partial charge >= 0.3 is 5.97 Å². The topological polar surface area (TPSA) is 46.5 Å². The van der Waals surface area contributed by atoms with E-state index in [4.69, 9.17) is 4.74 Å². The molecule has 1 aromatic rings. The first-order valence-electron chi connectivity index (χ1n) is 5.71. The summed E-state index contributed by atoms with van der Waals surface area (Å²) in [5.74, 6) is -0.263. The minimum absolute atomic E-state index is 0.134. The largest absolute Gasteiger partial charge is 0.493 e. The Balaban J connectivity index is 2.63. The fraction of sp³-hybridized carbons (Fsp3) is 0.357. The average molecular weight is 232 g/mol. The minimum atomic E-state index is -0.906. The molecule has 1 aromatic carbocycles. The van der Waals surface area contributed by atoms with Crippen molar-refractivity contribution in [1.29, 1.82) is 0 Å². The highest BCUT2D eigenvalue weighted by molar-refractivity contribution is 5.83. The van der Waals surface area contributed by atoms with Gasteiger partial charge in [0.1, 0.15) is 11.2 Å². The molecule has 0 saturated carbocycles. The number of para-hydroxylation sites is 1. The molecular formula is C14H16O3. The van der Waals surface area contributed by atoms with Crippen LogP contribution in [0, 0.1) is 5.92 Å². The fourth-order valence-electron chi connectivity index (χ4n) is 2.51. The highest BCUT2D eigenvalue weighted by Gasteiger charge is 2.47. The molecule has 1 N–H and O–H groups in total. The van der Waals surface area contributed by atoms with Gasteiger partial charge in [-0.1, -0.05) is 31.2 Å². The molecule has 90 valence electrons. The third-order valence-electron chi connectivity index (χ3n) is 3.63. The molecule has 0 radical (unpaired) electrons. The Morgan fingerprint density at radius 2 is 2.29 bits per heavy atom. The van der Waals surface area contributed by atoms with Crippen molar-refractivity contribution in [3.05, 3.63) is 42.5 Å². The summed E-state index contributed by atoms with van der Waals surface area (Å²) in [6, 6.07) is 7.36. The molecule has 1 aliphatic heterocycles. The fourth-order valence-corrected chi connectivity index (χ4v) is 2.51. The SMILES string of the molecule is C=CC(C)C1(C(=O)O)CCOc2ccccc21. The molecule has 0 amide bonds. The molecule has 17 heavy (non-hydrogen) atoms. The molecule has 0 spiro atoms. The zero-order valence-electron chi connectivity index (χ0n) is 9.85. The van der Waals surface area contributed by atoms with E-state index in [9.17, 15) is 9.90 Å². The van der Waals surface area contributed by atoms with Gasteiger partial charge in [-0.15, -0.1) is 6.58 Å². The van der Waals surface area contributed by atoms with E-state index in [1.165, 1.54) is 0 Å². The Labute approximate surface area is 101 Å². The van der Waals surface area contributed by atoms with Crippen LogP contribution in [0.15, 0.2) is 36.9 Å². The van der Waals surface area contributed by atoms with Gasteiger partial charge < -0.3 is 9.84 Å². The monoisotopic (exact) mass is 232 g/mol. The second kappa shape index (κ2) is 4.24. The zero-order chi connectivity index (χ0) is 12.5. The van der Waals surface area contributed by atoms with E-state index in [2.05, 4.69) is 6.58 Å². The summed E-state index contributed by atoms with van der Waals surface area (Å²) >= 11 is 0. The van der Waals surface area contributed by atoms with Gasteiger partial charge in [-0.3, -0.25) is 4.79 Å². The lowest BCUT2D eigenvalue weighted by molar-refractivity contribution is -0.146. The zero-order valence-corrected chi connectivity index (χ0v) is 9.85. The van der Waals surface area contributed by atoms with Crippen LogP contribution in [0.3, 0.4) is 0 Å². The maximum atomic E-state index is 11.7. The summed E-state index contributed by atoms with van der Waals surface area (Å²) in [5.41, 5.74) is -0.150. The van der Waals surface area contributed by atoms with Crippen molar-refractivity contribution in [2.75, 3.05) is 6.61 Å². The predicted octanol–water partition coefficient (Wildman–Crippen LogP) is 2.61. The van der Waals surface area contributed by atoms with Crippen LogP contribution < -0.4 is 4.74 Å². The second-order valence-corrected chi connectivity index (χ2v) is 4.40. The maximum Gasteiger partial charge on any atom is 0.314 e. The van der Waals surface area contributed by atoms with E-state index < -0.39 is 11.4 Å². The lowest BCUT2D eigenvalue weighted by atomic mass is 9.67. The number of allylic oxidation sites excluding steroid dienone is 1. The van der Waals surface area contributed by atoms with Crippen LogP contribution in [-0.4, -0.2) is 17.7 Å². The molecule has 0 aliphatic carbocycles. The standard InChI is InChI=1S/C14H16O3/c1-3-10(2)14(13(15)16)8-9-17-12-7-5-4-6-11(12)14/h3-7,10H,1,8-9H2,2H3,(H,15,16). The first-order valence-corrected chi connectivity index (χ1v) is 5.71. The van der Waals surface area contributed by atoms with Gasteiger partial charge in [-0.05, 0) is 12.0 Å². The summed E-state index contributed by atoms with van der Waals surface area (Å²) in [6.07, 6.45) is 2.18. The van der Waals surface area contributed by atoms with Crippen LogP contribution in [0.2, 0.25) is 0 Å². The average Bonchev–Trinajstić information content (AvgIpc) is 2.36. The Morgan fingerprint density at radius 3 is 2.94 bits per heavy atom. The number of hydrogen-bond acceptors (Lipinski definition) is 2. The van der Waals surface area contributed by atoms with E-state index in [1.807, 2.05) is 31.2 Å². The first-order chi connectivity index (χ1) is 8.13. The molecular weight excluding hydrogens is 216 g/mol. The Bertz CT molecular complexity index is 453. The highest BCUT2D eigenvalue weighted by Crippen LogP contribution is 2.44. The van der Waals surface area contributed by atoms with Crippen LogP contribution in [0.4, 0.5) is 0 Å². The molecule has 2 unspecified atom stereocenters. The molecule has 3 heteroatoms. The molecule has 0 bridgehead atoms.